The van der Waals surface area contributed by atoms with Crippen molar-refractivity contribution in [1.29, 1.82) is 0 Å². The molecule has 2 aromatic rings. The molecule has 24 heavy (non-hydrogen) atoms. The molecule has 0 saturated heterocycles. The van der Waals surface area contributed by atoms with Crippen molar-refractivity contribution in [3.05, 3.63) is 47.2 Å². The Morgan fingerprint density at radius 1 is 1.04 bits per heavy atom. The van der Waals surface area contributed by atoms with E-state index < -0.39 is 13.3 Å². The second-order valence-corrected chi connectivity index (χ2v) is 19.0. The third-order valence-corrected chi connectivity index (χ3v) is 10.0. The van der Waals surface area contributed by atoms with Gasteiger partial charge in [-0.05, 0) is 0 Å². The Balaban J connectivity index is 2.10. The van der Waals surface area contributed by atoms with Crippen LogP contribution in [0.25, 0.3) is 11.3 Å². The summed E-state index contributed by atoms with van der Waals surface area (Å²) in [6.45, 7) is 4.43. The van der Waals surface area contributed by atoms with Gasteiger partial charge in [-0.25, -0.2) is 0 Å². The Morgan fingerprint density at radius 3 is 2.33 bits per heavy atom. The summed E-state index contributed by atoms with van der Waals surface area (Å²) < 4.78 is 1.65. The van der Waals surface area contributed by atoms with Crippen molar-refractivity contribution in [3.63, 3.8) is 0 Å². The molecule has 0 spiro atoms. The first-order valence-electron chi connectivity index (χ1n) is 9.43. The van der Waals surface area contributed by atoms with Gasteiger partial charge < -0.3 is 0 Å². The van der Waals surface area contributed by atoms with Crippen LogP contribution >= 0.6 is 0 Å². The van der Waals surface area contributed by atoms with Crippen LogP contribution in [-0.4, -0.2) is 18.3 Å². The van der Waals surface area contributed by atoms with Gasteiger partial charge >= 0.3 is 150 Å². The Labute approximate surface area is 150 Å². The molecule has 0 radical (unpaired) electrons. The van der Waals surface area contributed by atoms with Gasteiger partial charge in [-0.15, -0.1) is 0 Å². The standard InChI is InChI=1S/C22H31GeN/c1-16-10-6-9-13-20(16)21-15-19(14-18-11-7-8-12-18)22(17(2)24-21)23(3,4)5/h6,9-10,13,15,18H,7-8,11-12,14H2,1-5H3. The maximum absolute atomic E-state index is 5.05. The topological polar surface area (TPSA) is 12.9 Å². The molecule has 0 bridgehead atoms. The van der Waals surface area contributed by atoms with Gasteiger partial charge in [-0.3, -0.25) is 0 Å². The van der Waals surface area contributed by atoms with E-state index in [0.717, 1.165) is 5.92 Å². The number of pyridine rings is 1. The van der Waals surface area contributed by atoms with E-state index in [1.165, 1.54) is 54.6 Å². The first-order chi connectivity index (χ1) is 11.4. The van der Waals surface area contributed by atoms with Crippen LogP contribution in [-0.2, 0) is 6.42 Å². The molecule has 128 valence electrons. The monoisotopic (exact) mass is 383 g/mol. The van der Waals surface area contributed by atoms with Crippen molar-refractivity contribution >= 4 is 17.7 Å². The van der Waals surface area contributed by atoms with Crippen LogP contribution in [0.3, 0.4) is 0 Å². The van der Waals surface area contributed by atoms with Crippen LogP contribution in [0, 0.1) is 19.8 Å². The van der Waals surface area contributed by atoms with Gasteiger partial charge in [0.15, 0.2) is 0 Å². The van der Waals surface area contributed by atoms with Gasteiger partial charge in [-0.1, -0.05) is 0 Å². The van der Waals surface area contributed by atoms with Crippen molar-refractivity contribution in [2.24, 2.45) is 5.92 Å². The molecule has 1 heterocycles. The Morgan fingerprint density at radius 2 is 1.71 bits per heavy atom. The van der Waals surface area contributed by atoms with Gasteiger partial charge in [0.1, 0.15) is 0 Å². The van der Waals surface area contributed by atoms with E-state index in [9.17, 15) is 0 Å². The fourth-order valence-electron chi connectivity index (χ4n) is 4.45. The van der Waals surface area contributed by atoms with E-state index in [4.69, 9.17) is 4.98 Å². The molecule has 0 N–H and O–H groups in total. The zero-order valence-electron chi connectivity index (χ0n) is 15.9. The molecule has 1 saturated carbocycles. The summed E-state index contributed by atoms with van der Waals surface area (Å²) in [4.78, 5) is 5.05. The number of benzene rings is 1. The van der Waals surface area contributed by atoms with E-state index in [0.29, 0.717) is 0 Å². The van der Waals surface area contributed by atoms with Crippen LogP contribution < -0.4 is 4.40 Å². The summed E-state index contributed by atoms with van der Waals surface area (Å²) in [6.07, 6.45) is 6.94. The van der Waals surface area contributed by atoms with E-state index >= 15 is 0 Å². The van der Waals surface area contributed by atoms with Crippen LogP contribution in [0.5, 0.6) is 0 Å². The number of aromatic nitrogens is 1. The summed E-state index contributed by atoms with van der Waals surface area (Å²) in [7, 11) is 0. The molecule has 1 aromatic heterocycles. The number of nitrogens with zero attached hydrogens (tertiary/aromatic N) is 1. The van der Waals surface area contributed by atoms with Crippen LogP contribution in [0.2, 0.25) is 17.3 Å². The second kappa shape index (κ2) is 7.03. The van der Waals surface area contributed by atoms with Gasteiger partial charge in [0.2, 0.25) is 0 Å². The third kappa shape index (κ3) is 3.77. The molecule has 1 nitrogen and oxygen atoms in total. The number of hydrogen-bond acceptors (Lipinski definition) is 1. The van der Waals surface area contributed by atoms with Crippen molar-refractivity contribution < 1.29 is 0 Å². The van der Waals surface area contributed by atoms with Crippen LogP contribution in [0.1, 0.15) is 42.5 Å². The van der Waals surface area contributed by atoms with Crippen molar-refractivity contribution in [3.8, 4) is 11.3 Å². The summed E-state index contributed by atoms with van der Waals surface area (Å²) in [5.41, 5.74) is 6.69. The van der Waals surface area contributed by atoms with E-state index in [1.807, 2.05) is 0 Å². The zero-order chi connectivity index (χ0) is 17.3. The number of hydrogen-bond donors (Lipinski definition) is 0. The summed E-state index contributed by atoms with van der Waals surface area (Å²) in [5.74, 6) is 8.42. The van der Waals surface area contributed by atoms with Gasteiger partial charge in [0, 0.05) is 0 Å². The Hall–Kier alpha value is -1.09. The molecule has 0 amide bonds. The van der Waals surface area contributed by atoms with Crippen molar-refractivity contribution in [2.45, 2.75) is 63.2 Å². The Kier molecular flexibility index (Phi) is 5.20. The maximum atomic E-state index is 5.05. The minimum absolute atomic E-state index is 0.889. The van der Waals surface area contributed by atoms with Gasteiger partial charge in [0.05, 0.1) is 0 Å². The first kappa shape index (κ1) is 17.7. The molecule has 1 aliphatic rings. The Bertz CT molecular complexity index is 721. The van der Waals surface area contributed by atoms with Gasteiger partial charge in [0.25, 0.3) is 0 Å². The van der Waals surface area contributed by atoms with E-state index in [-0.39, 0.29) is 0 Å². The van der Waals surface area contributed by atoms with E-state index in [1.54, 1.807) is 9.96 Å². The van der Waals surface area contributed by atoms with Crippen LogP contribution in [0.15, 0.2) is 30.3 Å². The third-order valence-electron chi connectivity index (χ3n) is 5.44. The molecular weight excluding hydrogens is 351 g/mol. The summed E-state index contributed by atoms with van der Waals surface area (Å²) >= 11 is -1.93. The second-order valence-electron chi connectivity index (χ2n) is 8.55. The summed E-state index contributed by atoms with van der Waals surface area (Å²) in [5, 5.41) is 0. The molecule has 0 unspecified atom stereocenters. The fraction of sp³-hybridized carbons (Fsp3) is 0.500. The number of aryl methyl sites for hydroxylation is 2. The van der Waals surface area contributed by atoms with E-state index in [2.05, 4.69) is 61.4 Å². The molecule has 1 aliphatic carbocycles. The minimum atomic E-state index is -1.93. The average molecular weight is 382 g/mol. The first-order valence-corrected chi connectivity index (χ1v) is 16.8. The van der Waals surface area contributed by atoms with Gasteiger partial charge in [-0.2, -0.15) is 0 Å². The predicted octanol–water partition coefficient (Wildman–Crippen LogP) is 5.64. The average Bonchev–Trinajstić information content (AvgIpc) is 2.98. The molecule has 0 aliphatic heterocycles. The molecular formula is C22H31GeN. The summed E-state index contributed by atoms with van der Waals surface area (Å²) in [6, 6.07) is 11.1. The van der Waals surface area contributed by atoms with Crippen molar-refractivity contribution in [2.75, 3.05) is 0 Å². The SMILES string of the molecule is Cc1ccccc1-c1cc(CC2CCCC2)[c]([Ge]([CH3])([CH3])[CH3])c(C)n1. The normalized spacial score (nSPS) is 15.9. The predicted molar refractivity (Wildman–Crippen MR) is 108 cm³/mol. The molecule has 2 heteroatoms. The zero-order valence-corrected chi connectivity index (χ0v) is 18.0. The van der Waals surface area contributed by atoms with Crippen LogP contribution in [0.4, 0.5) is 0 Å². The molecule has 3 rings (SSSR count). The quantitative estimate of drug-likeness (QED) is 0.624. The fourth-order valence-corrected chi connectivity index (χ4v) is 9.23. The molecule has 1 fully saturated rings. The molecule has 1 aromatic carbocycles. The van der Waals surface area contributed by atoms with Crippen molar-refractivity contribution in [1.82, 2.24) is 4.98 Å². The molecule has 0 atom stereocenters. The number of rotatable bonds is 4.